The lowest BCUT2D eigenvalue weighted by Crippen LogP contribution is -2.19. The molecule has 0 aliphatic heterocycles. The summed E-state index contributed by atoms with van der Waals surface area (Å²) in [5.41, 5.74) is 6.58. The van der Waals surface area contributed by atoms with Gasteiger partial charge in [0, 0.05) is 10.9 Å². The molecule has 0 aliphatic rings. The first-order chi connectivity index (χ1) is 6.13. The summed E-state index contributed by atoms with van der Waals surface area (Å²) >= 11 is 1.71. The molecule has 3 nitrogen and oxygen atoms in total. The third-order valence-electron chi connectivity index (χ3n) is 2.00. The molecule has 0 saturated carbocycles. The molecule has 0 radical (unpaired) electrons. The number of rotatable bonds is 4. The fourth-order valence-corrected chi connectivity index (χ4v) is 1.99. The molecule has 1 aromatic rings. The van der Waals surface area contributed by atoms with Crippen molar-refractivity contribution in [2.45, 2.75) is 33.2 Å². The van der Waals surface area contributed by atoms with E-state index in [0.717, 1.165) is 23.8 Å². The average molecular weight is 199 g/mol. The van der Waals surface area contributed by atoms with E-state index in [0.29, 0.717) is 6.04 Å². The molecular formula is C9H17N3S. The molecule has 0 saturated heterocycles. The molecule has 13 heavy (non-hydrogen) atoms. The molecule has 1 atom stereocenters. The van der Waals surface area contributed by atoms with Gasteiger partial charge in [-0.2, -0.15) is 0 Å². The van der Waals surface area contributed by atoms with Crippen LogP contribution in [0, 0.1) is 13.8 Å². The first-order valence-corrected chi connectivity index (χ1v) is 5.35. The lowest BCUT2D eigenvalue weighted by Gasteiger charge is -2.10. The molecule has 0 fully saturated rings. The number of hydrogen-bond acceptors (Lipinski definition) is 4. The summed E-state index contributed by atoms with van der Waals surface area (Å²) in [4.78, 5) is 5.68. The van der Waals surface area contributed by atoms with Gasteiger partial charge in [0.25, 0.3) is 0 Å². The lowest BCUT2D eigenvalue weighted by molar-refractivity contribution is 0.716. The van der Waals surface area contributed by atoms with Crippen LogP contribution in [0.1, 0.15) is 23.9 Å². The van der Waals surface area contributed by atoms with E-state index in [1.165, 1.54) is 4.88 Å². The van der Waals surface area contributed by atoms with Crippen LogP contribution < -0.4 is 11.1 Å². The second kappa shape index (κ2) is 4.58. The number of hydrogen-bond donors (Lipinski definition) is 2. The highest BCUT2D eigenvalue weighted by Crippen LogP contribution is 2.21. The second-order valence-electron chi connectivity index (χ2n) is 3.28. The maximum absolute atomic E-state index is 5.46. The molecule has 1 rings (SSSR count). The molecule has 0 amide bonds. The van der Waals surface area contributed by atoms with Crippen LogP contribution in [0.4, 0.5) is 5.13 Å². The molecular weight excluding hydrogens is 182 g/mol. The Kier molecular flexibility index (Phi) is 3.69. The van der Waals surface area contributed by atoms with E-state index < -0.39 is 0 Å². The number of nitrogens with one attached hydrogen (secondary N) is 1. The Morgan fingerprint density at radius 2 is 2.23 bits per heavy atom. The van der Waals surface area contributed by atoms with Crippen LogP contribution in [0.3, 0.4) is 0 Å². The normalized spacial score (nSPS) is 12.9. The van der Waals surface area contributed by atoms with E-state index in [4.69, 9.17) is 5.73 Å². The molecule has 3 N–H and O–H groups in total. The van der Waals surface area contributed by atoms with Gasteiger partial charge in [0.2, 0.25) is 0 Å². The minimum atomic E-state index is 0.412. The average Bonchev–Trinajstić information content (AvgIpc) is 2.31. The van der Waals surface area contributed by atoms with Gasteiger partial charge >= 0.3 is 0 Å². The third-order valence-corrected chi connectivity index (χ3v) is 3.00. The van der Waals surface area contributed by atoms with Gasteiger partial charge in [-0.15, -0.1) is 11.3 Å². The Bertz CT molecular complexity index is 250. The van der Waals surface area contributed by atoms with Crippen LogP contribution in [0.5, 0.6) is 0 Å². The van der Waals surface area contributed by atoms with Gasteiger partial charge in [-0.3, -0.25) is 0 Å². The Morgan fingerprint density at radius 3 is 2.69 bits per heavy atom. The van der Waals surface area contributed by atoms with Crippen molar-refractivity contribution >= 4 is 16.5 Å². The number of thiazole rings is 1. The van der Waals surface area contributed by atoms with Crippen molar-refractivity contribution < 1.29 is 0 Å². The van der Waals surface area contributed by atoms with Crippen molar-refractivity contribution in [2.24, 2.45) is 5.73 Å². The van der Waals surface area contributed by atoms with Crippen molar-refractivity contribution in [1.29, 1.82) is 0 Å². The van der Waals surface area contributed by atoms with Gasteiger partial charge in [0.15, 0.2) is 5.13 Å². The zero-order valence-corrected chi connectivity index (χ0v) is 9.24. The molecule has 4 heteroatoms. The second-order valence-corrected chi connectivity index (χ2v) is 4.49. The van der Waals surface area contributed by atoms with Crippen molar-refractivity contribution in [3.05, 3.63) is 10.6 Å². The van der Waals surface area contributed by atoms with Gasteiger partial charge in [0.1, 0.15) is 0 Å². The minimum Gasteiger partial charge on any atom is -0.359 e. The van der Waals surface area contributed by atoms with Gasteiger partial charge in [-0.1, -0.05) is 0 Å². The van der Waals surface area contributed by atoms with Crippen LogP contribution >= 0.6 is 11.3 Å². The highest BCUT2D eigenvalue weighted by molar-refractivity contribution is 7.15. The van der Waals surface area contributed by atoms with E-state index in [9.17, 15) is 0 Å². The van der Waals surface area contributed by atoms with Crippen LogP contribution in [0.25, 0.3) is 0 Å². The number of aromatic nitrogens is 1. The summed E-state index contributed by atoms with van der Waals surface area (Å²) in [7, 11) is 0. The topological polar surface area (TPSA) is 50.9 Å². The fourth-order valence-electron chi connectivity index (χ4n) is 1.07. The summed E-state index contributed by atoms with van der Waals surface area (Å²) in [6, 6.07) is 0.412. The van der Waals surface area contributed by atoms with E-state index in [2.05, 4.69) is 24.1 Å². The number of nitrogens with zero attached hydrogens (tertiary/aromatic N) is 1. The maximum Gasteiger partial charge on any atom is 0.183 e. The number of nitrogens with two attached hydrogens (primary N) is 1. The Balaban J connectivity index is 2.53. The first-order valence-electron chi connectivity index (χ1n) is 4.54. The molecule has 1 heterocycles. The standard InChI is InChI=1S/C9H17N3S/c1-6(4-5-10)11-9-12-7(2)8(3)13-9/h6H,4-5,10H2,1-3H3,(H,11,12). The SMILES string of the molecule is Cc1nc(NC(C)CCN)sc1C. The monoisotopic (exact) mass is 199 g/mol. The minimum absolute atomic E-state index is 0.412. The van der Waals surface area contributed by atoms with Gasteiger partial charge in [0.05, 0.1) is 5.69 Å². The summed E-state index contributed by atoms with van der Waals surface area (Å²) in [6.07, 6.45) is 0.984. The third kappa shape index (κ3) is 2.97. The largest absolute Gasteiger partial charge is 0.359 e. The predicted octanol–water partition coefficient (Wildman–Crippen LogP) is 1.91. The highest BCUT2D eigenvalue weighted by Gasteiger charge is 2.05. The van der Waals surface area contributed by atoms with Crippen molar-refractivity contribution in [1.82, 2.24) is 4.98 Å². The molecule has 74 valence electrons. The van der Waals surface area contributed by atoms with Crippen LogP contribution in [-0.2, 0) is 0 Å². The van der Waals surface area contributed by atoms with Crippen LogP contribution in [-0.4, -0.2) is 17.6 Å². The number of aryl methyl sites for hydroxylation is 2. The Morgan fingerprint density at radius 1 is 1.54 bits per heavy atom. The van der Waals surface area contributed by atoms with E-state index >= 15 is 0 Å². The molecule has 0 aromatic carbocycles. The quantitative estimate of drug-likeness (QED) is 0.779. The summed E-state index contributed by atoms with van der Waals surface area (Å²) in [5, 5.41) is 4.34. The summed E-state index contributed by atoms with van der Waals surface area (Å²) < 4.78 is 0. The predicted molar refractivity (Wildman–Crippen MR) is 58.3 cm³/mol. The van der Waals surface area contributed by atoms with Crippen molar-refractivity contribution in [3.8, 4) is 0 Å². The number of anilines is 1. The van der Waals surface area contributed by atoms with Crippen LogP contribution in [0.15, 0.2) is 0 Å². The Hall–Kier alpha value is -0.610. The maximum atomic E-state index is 5.46. The van der Waals surface area contributed by atoms with E-state index in [-0.39, 0.29) is 0 Å². The zero-order chi connectivity index (χ0) is 9.84. The van der Waals surface area contributed by atoms with Gasteiger partial charge in [-0.05, 0) is 33.7 Å². The fraction of sp³-hybridized carbons (Fsp3) is 0.667. The zero-order valence-electron chi connectivity index (χ0n) is 8.42. The molecule has 1 aromatic heterocycles. The van der Waals surface area contributed by atoms with Crippen LogP contribution in [0.2, 0.25) is 0 Å². The van der Waals surface area contributed by atoms with E-state index in [1.54, 1.807) is 11.3 Å². The van der Waals surface area contributed by atoms with Crippen molar-refractivity contribution in [2.75, 3.05) is 11.9 Å². The van der Waals surface area contributed by atoms with E-state index in [1.807, 2.05) is 6.92 Å². The summed E-state index contributed by atoms with van der Waals surface area (Å²) in [6.45, 7) is 6.97. The first kappa shape index (κ1) is 10.5. The Labute approximate surface area is 83.4 Å². The molecule has 0 bridgehead atoms. The van der Waals surface area contributed by atoms with Crippen molar-refractivity contribution in [3.63, 3.8) is 0 Å². The highest BCUT2D eigenvalue weighted by atomic mass is 32.1. The van der Waals surface area contributed by atoms with Gasteiger partial charge in [-0.25, -0.2) is 4.98 Å². The lowest BCUT2D eigenvalue weighted by atomic mass is 10.2. The molecule has 0 spiro atoms. The van der Waals surface area contributed by atoms with Gasteiger partial charge < -0.3 is 11.1 Å². The molecule has 1 unspecified atom stereocenters. The molecule has 0 aliphatic carbocycles. The summed E-state index contributed by atoms with van der Waals surface area (Å²) in [5.74, 6) is 0. The smallest absolute Gasteiger partial charge is 0.183 e.